The summed E-state index contributed by atoms with van der Waals surface area (Å²) in [7, 11) is 0. The van der Waals surface area contributed by atoms with Crippen LogP contribution in [0.2, 0.25) is 0 Å². The molecule has 0 aliphatic heterocycles. The smallest absolute Gasteiger partial charge is 0.253 e. The molecule has 0 aliphatic carbocycles. The van der Waals surface area contributed by atoms with E-state index in [1.54, 1.807) is 17.8 Å². The van der Waals surface area contributed by atoms with E-state index in [1.165, 1.54) is 0 Å². The first kappa shape index (κ1) is 14.5. The summed E-state index contributed by atoms with van der Waals surface area (Å²) < 4.78 is 25.8. The lowest BCUT2D eigenvalue weighted by molar-refractivity contribution is 0.0956. The van der Waals surface area contributed by atoms with Crippen LogP contribution in [0.15, 0.2) is 24.8 Å². The Labute approximate surface area is 108 Å². The van der Waals surface area contributed by atoms with Crippen molar-refractivity contribution in [3.8, 4) is 0 Å². The molecule has 0 atom stereocenters. The van der Waals surface area contributed by atoms with Gasteiger partial charge in [0.2, 0.25) is 0 Å². The van der Waals surface area contributed by atoms with Gasteiger partial charge in [-0.3, -0.25) is 4.79 Å². The Bertz CT molecular complexity index is 452. The molecule has 3 nitrogen and oxygen atoms in total. The summed E-state index contributed by atoms with van der Waals surface area (Å²) in [6, 6.07) is 1.60. The van der Waals surface area contributed by atoms with E-state index in [9.17, 15) is 13.6 Å². The molecule has 1 amide bonds. The normalized spacial score (nSPS) is 10.1. The first-order valence-corrected chi connectivity index (χ1v) is 6.43. The number of hydrogen-bond acceptors (Lipinski definition) is 3. The topological polar surface area (TPSA) is 55.1 Å². The van der Waals surface area contributed by atoms with Crippen LogP contribution in [-0.4, -0.2) is 24.0 Å². The predicted molar refractivity (Wildman–Crippen MR) is 70.6 cm³/mol. The molecule has 0 aliphatic rings. The average Bonchev–Trinajstić information content (AvgIpc) is 2.33. The van der Waals surface area contributed by atoms with Gasteiger partial charge in [-0.2, -0.15) is 11.8 Å². The Morgan fingerprint density at radius 1 is 1.44 bits per heavy atom. The number of thioether (sulfide) groups is 1. The minimum Gasteiger partial charge on any atom is -0.398 e. The molecule has 1 rings (SSSR count). The summed E-state index contributed by atoms with van der Waals surface area (Å²) >= 11 is 1.60. The van der Waals surface area contributed by atoms with E-state index in [2.05, 4.69) is 11.9 Å². The van der Waals surface area contributed by atoms with Gasteiger partial charge in [0.25, 0.3) is 5.91 Å². The third-order valence-corrected chi connectivity index (χ3v) is 3.07. The van der Waals surface area contributed by atoms with Crippen molar-refractivity contribution in [2.45, 2.75) is 0 Å². The molecule has 0 saturated carbocycles. The molecular formula is C12H14F2N2OS. The Morgan fingerprint density at radius 2 is 2.11 bits per heavy atom. The van der Waals surface area contributed by atoms with Crippen molar-refractivity contribution in [1.29, 1.82) is 0 Å². The van der Waals surface area contributed by atoms with Crippen molar-refractivity contribution in [2.24, 2.45) is 0 Å². The molecular weight excluding hydrogens is 258 g/mol. The second kappa shape index (κ2) is 7.00. The summed E-state index contributed by atoms with van der Waals surface area (Å²) in [5.41, 5.74) is 5.33. The Hall–Kier alpha value is -1.56. The Morgan fingerprint density at radius 3 is 2.78 bits per heavy atom. The summed E-state index contributed by atoms with van der Waals surface area (Å²) in [5, 5.41) is 2.58. The lowest BCUT2D eigenvalue weighted by Crippen LogP contribution is -2.26. The van der Waals surface area contributed by atoms with Crippen LogP contribution in [0.3, 0.4) is 0 Å². The van der Waals surface area contributed by atoms with E-state index < -0.39 is 17.5 Å². The van der Waals surface area contributed by atoms with E-state index in [1.807, 2.05) is 0 Å². The molecule has 0 fully saturated rings. The van der Waals surface area contributed by atoms with Crippen LogP contribution in [0.25, 0.3) is 0 Å². The number of carbonyl (C=O) groups excluding carboxylic acids is 1. The molecule has 0 saturated heterocycles. The van der Waals surface area contributed by atoms with E-state index >= 15 is 0 Å². The standard InChI is InChI=1S/C12H14F2N2OS/c1-2-4-18-5-3-16-12(17)8-6-9(13)10(14)7-11(8)15/h2,6-7H,1,3-5,15H2,(H,16,17). The molecule has 0 radical (unpaired) electrons. The van der Waals surface area contributed by atoms with Crippen molar-refractivity contribution in [3.05, 3.63) is 42.0 Å². The number of nitrogens with two attached hydrogens (primary N) is 1. The number of nitrogen functional groups attached to an aromatic ring is 1. The number of amides is 1. The summed E-state index contributed by atoms with van der Waals surface area (Å²) in [6.07, 6.45) is 1.76. The van der Waals surface area contributed by atoms with Crippen molar-refractivity contribution in [1.82, 2.24) is 5.32 Å². The van der Waals surface area contributed by atoms with Gasteiger partial charge in [-0.25, -0.2) is 8.78 Å². The van der Waals surface area contributed by atoms with Gasteiger partial charge >= 0.3 is 0 Å². The van der Waals surface area contributed by atoms with E-state index in [-0.39, 0.29) is 11.3 Å². The van der Waals surface area contributed by atoms with Crippen LogP contribution in [-0.2, 0) is 0 Å². The van der Waals surface area contributed by atoms with Gasteiger partial charge in [0.1, 0.15) is 0 Å². The van der Waals surface area contributed by atoms with Crippen LogP contribution in [0.5, 0.6) is 0 Å². The fraction of sp³-hybridized carbons (Fsp3) is 0.250. The van der Waals surface area contributed by atoms with Crippen LogP contribution in [0, 0.1) is 11.6 Å². The molecule has 3 N–H and O–H groups in total. The zero-order valence-electron chi connectivity index (χ0n) is 9.71. The van der Waals surface area contributed by atoms with Crippen molar-refractivity contribution >= 4 is 23.4 Å². The monoisotopic (exact) mass is 272 g/mol. The highest BCUT2D eigenvalue weighted by molar-refractivity contribution is 7.99. The second-order valence-corrected chi connectivity index (χ2v) is 4.62. The quantitative estimate of drug-likeness (QED) is 0.474. The predicted octanol–water partition coefficient (Wildman–Crippen LogP) is 2.20. The molecule has 0 aromatic heterocycles. The molecule has 98 valence electrons. The first-order chi connectivity index (χ1) is 8.56. The van der Waals surface area contributed by atoms with Gasteiger partial charge in [0, 0.05) is 29.8 Å². The van der Waals surface area contributed by atoms with E-state index in [0.29, 0.717) is 12.3 Å². The van der Waals surface area contributed by atoms with Gasteiger partial charge in [-0.1, -0.05) is 6.08 Å². The number of nitrogens with one attached hydrogen (secondary N) is 1. The highest BCUT2D eigenvalue weighted by Crippen LogP contribution is 2.16. The average molecular weight is 272 g/mol. The number of carbonyl (C=O) groups is 1. The lowest BCUT2D eigenvalue weighted by atomic mass is 10.1. The van der Waals surface area contributed by atoms with E-state index in [0.717, 1.165) is 17.9 Å². The maximum atomic E-state index is 13.0. The molecule has 0 spiro atoms. The number of benzene rings is 1. The summed E-state index contributed by atoms with van der Waals surface area (Å²) in [4.78, 5) is 11.7. The minimum absolute atomic E-state index is 0.0531. The largest absolute Gasteiger partial charge is 0.398 e. The molecule has 0 heterocycles. The Balaban J connectivity index is 2.56. The second-order valence-electron chi connectivity index (χ2n) is 3.47. The number of rotatable bonds is 6. The molecule has 0 unspecified atom stereocenters. The van der Waals surface area contributed by atoms with E-state index in [4.69, 9.17) is 5.73 Å². The molecule has 18 heavy (non-hydrogen) atoms. The lowest BCUT2D eigenvalue weighted by Gasteiger charge is -2.07. The first-order valence-electron chi connectivity index (χ1n) is 5.27. The fourth-order valence-corrected chi connectivity index (χ4v) is 1.84. The number of anilines is 1. The van der Waals surface area contributed by atoms with Crippen molar-refractivity contribution in [2.75, 3.05) is 23.8 Å². The highest BCUT2D eigenvalue weighted by Gasteiger charge is 2.13. The maximum absolute atomic E-state index is 13.0. The van der Waals surface area contributed by atoms with Crippen molar-refractivity contribution in [3.63, 3.8) is 0 Å². The van der Waals surface area contributed by atoms with Crippen LogP contribution < -0.4 is 11.1 Å². The minimum atomic E-state index is -1.09. The van der Waals surface area contributed by atoms with Gasteiger partial charge in [0.05, 0.1) is 5.56 Å². The molecule has 1 aromatic rings. The zero-order valence-corrected chi connectivity index (χ0v) is 10.5. The van der Waals surface area contributed by atoms with Gasteiger partial charge < -0.3 is 11.1 Å². The third kappa shape index (κ3) is 4.03. The van der Waals surface area contributed by atoms with Gasteiger partial charge in [-0.15, -0.1) is 6.58 Å². The highest BCUT2D eigenvalue weighted by atomic mass is 32.2. The molecule has 1 aromatic carbocycles. The fourth-order valence-electron chi connectivity index (χ4n) is 1.26. The third-order valence-electron chi connectivity index (χ3n) is 2.10. The van der Waals surface area contributed by atoms with Crippen LogP contribution in [0.1, 0.15) is 10.4 Å². The zero-order chi connectivity index (χ0) is 13.5. The summed E-state index contributed by atoms with van der Waals surface area (Å²) in [6.45, 7) is 4.00. The maximum Gasteiger partial charge on any atom is 0.253 e. The summed E-state index contributed by atoms with van der Waals surface area (Å²) in [5.74, 6) is -1.16. The van der Waals surface area contributed by atoms with Crippen molar-refractivity contribution < 1.29 is 13.6 Å². The number of hydrogen-bond donors (Lipinski definition) is 2. The van der Waals surface area contributed by atoms with Gasteiger partial charge in [0.15, 0.2) is 11.6 Å². The molecule has 0 bridgehead atoms. The SMILES string of the molecule is C=CCSCCNC(=O)c1cc(F)c(F)cc1N. The Kier molecular flexibility index (Phi) is 5.64. The van der Waals surface area contributed by atoms with Crippen LogP contribution in [0.4, 0.5) is 14.5 Å². The van der Waals surface area contributed by atoms with Gasteiger partial charge in [-0.05, 0) is 6.07 Å². The van der Waals surface area contributed by atoms with Crippen LogP contribution >= 0.6 is 11.8 Å². The number of halogens is 2. The molecule has 6 heteroatoms.